The summed E-state index contributed by atoms with van der Waals surface area (Å²) in [7, 11) is 3.57. The summed E-state index contributed by atoms with van der Waals surface area (Å²) in [6, 6.07) is 8.45. The van der Waals surface area contributed by atoms with Crippen molar-refractivity contribution in [2.45, 2.75) is 25.3 Å². The quantitative estimate of drug-likeness (QED) is 0.927. The van der Waals surface area contributed by atoms with Crippen LogP contribution in [0.4, 0.5) is 0 Å². The molecule has 1 aliphatic carbocycles. The summed E-state index contributed by atoms with van der Waals surface area (Å²) in [6.45, 7) is 0. The number of ether oxygens (including phenoxy) is 1. The number of hydrogen-bond acceptors (Lipinski definition) is 3. The summed E-state index contributed by atoms with van der Waals surface area (Å²) in [4.78, 5) is 0. The van der Waals surface area contributed by atoms with Crippen LogP contribution in [0.2, 0.25) is 0 Å². The van der Waals surface area contributed by atoms with Gasteiger partial charge in [0.25, 0.3) is 0 Å². The zero-order valence-electron chi connectivity index (χ0n) is 10.7. The number of nitrogens with zero attached hydrogens (tertiary/aromatic N) is 1. The molecule has 0 spiro atoms. The van der Waals surface area contributed by atoms with Gasteiger partial charge in [-0.25, -0.2) is 0 Å². The number of nitriles is 1. The van der Waals surface area contributed by atoms with Gasteiger partial charge in [0.05, 0.1) is 24.6 Å². The van der Waals surface area contributed by atoms with Crippen LogP contribution in [0.5, 0.6) is 5.75 Å². The molecule has 4 heteroatoms. The second-order valence-electron chi connectivity index (χ2n) is 4.73. The predicted molar refractivity (Wildman–Crippen MR) is 74.4 cm³/mol. The van der Waals surface area contributed by atoms with E-state index in [1.807, 2.05) is 25.2 Å². The number of nitrogens with one attached hydrogen (secondary N) is 1. The van der Waals surface area contributed by atoms with Crippen molar-refractivity contribution < 1.29 is 4.74 Å². The molecule has 1 saturated carbocycles. The second-order valence-corrected chi connectivity index (χ2v) is 5.65. The summed E-state index contributed by atoms with van der Waals surface area (Å²) in [6.07, 6.45) is 3.03. The molecule has 0 bridgehead atoms. The van der Waals surface area contributed by atoms with Gasteiger partial charge in [0, 0.05) is 10.0 Å². The Balaban J connectivity index is 2.44. The summed E-state index contributed by atoms with van der Waals surface area (Å²) < 4.78 is 6.43. The lowest BCUT2D eigenvalue weighted by Crippen LogP contribution is -2.41. The highest BCUT2D eigenvalue weighted by atomic mass is 79.9. The van der Waals surface area contributed by atoms with Crippen molar-refractivity contribution in [3.05, 3.63) is 28.2 Å². The fraction of sp³-hybridized carbons (Fsp3) is 0.500. The first-order valence-corrected chi connectivity index (χ1v) is 6.88. The molecule has 96 valence electrons. The Kier molecular flexibility index (Phi) is 3.94. The summed E-state index contributed by atoms with van der Waals surface area (Å²) in [5.74, 6) is 0.832. The van der Waals surface area contributed by atoms with Gasteiger partial charge in [-0.1, -0.05) is 22.4 Å². The van der Waals surface area contributed by atoms with Crippen molar-refractivity contribution in [3.63, 3.8) is 0 Å². The minimum Gasteiger partial charge on any atom is -0.496 e. The lowest BCUT2D eigenvalue weighted by atomic mass is 9.63. The van der Waals surface area contributed by atoms with Gasteiger partial charge in [0.2, 0.25) is 0 Å². The smallest absolute Gasteiger partial charge is 0.123 e. The topological polar surface area (TPSA) is 45.0 Å². The molecule has 0 aliphatic heterocycles. The van der Waals surface area contributed by atoms with Crippen molar-refractivity contribution >= 4 is 15.9 Å². The molecule has 1 aromatic rings. The van der Waals surface area contributed by atoms with Gasteiger partial charge >= 0.3 is 0 Å². The Morgan fingerprint density at radius 2 is 2.22 bits per heavy atom. The molecular formula is C14H17BrN2O. The maximum atomic E-state index is 9.49. The molecule has 1 aromatic carbocycles. The molecule has 0 aromatic heterocycles. The number of rotatable bonds is 4. The van der Waals surface area contributed by atoms with Gasteiger partial charge in [-0.15, -0.1) is 0 Å². The molecule has 1 aliphatic rings. The number of halogens is 1. The van der Waals surface area contributed by atoms with Gasteiger partial charge in [0.1, 0.15) is 5.75 Å². The third-order valence-corrected chi connectivity index (χ3v) is 4.31. The van der Waals surface area contributed by atoms with Crippen LogP contribution in [0.3, 0.4) is 0 Å². The van der Waals surface area contributed by atoms with Gasteiger partial charge in [0.15, 0.2) is 0 Å². The number of benzene rings is 1. The monoisotopic (exact) mass is 308 g/mol. The minimum absolute atomic E-state index is 0.0173. The summed E-state index contributed by atoms with van der Waals surface area (Å²) in [5, 5.41) is 12.8. The lowest BCUT2D eigenvalue weighted by molar-refractivity contribution is 0.147. The molecule has 0 radical (unpaired) electrons. The van der Waals surface area contributed by atoms with Crippen molar-refractivity contribution in [1.82, 2.24) is 5.32 Å². The van der Waals surface area contributed by atoms with Gasteiger partial charge < -0.3 is 10.1 Å². The van der Waals surface area contributed by atoms with Crippen LogP contribution >= 0.6 is 15.9 Å². The van der Waals surface area contributed by atoms with E-state index in [2.05, 4.69) is 27.3 Å². The zero-order chi connectivity index (χ0) is 13.2. The first-order chi connectivity index (χ1) is 8.66. The number of hydrogen-bond donors (Lipinski definition) is 1. The van der Waals surface area contributed by atoms with Gasteiger partial charge in [-0.3, -0.25) is 0 Å². The average Bonchev–Trinajstić information content (AvgIpc) is 2.33. The van der Waals surface area contributed by atoms with Crippen LogP contribution in [-0.2, 0) is 0 Å². The maximum absolute atomic E-state index is 9.49. The van der Waals surface area contributed by atoms with E-state index < -0.39 is 0 Å². The van der Waals surface area contributed by atoms with Crippen LogP contribution in [0.15, 0.2) is 22.7 Å². The maximum Gasteiger partial charge on any atom is 0.123 e. The molecule has 3 nitrogen and oxygen atoms in total. The van der Waals surface area contributed by atoms with Crippen molar-refractivity contribution in [2.24, 2.45) is 5.41 Å². The van der Waals surface area contributed by atoms with E-state index in [1.165, 1.54) is 0 Å². The molecular weight excluding hydrogens is 292 g/mol. The standard InChI is InChI=1S/C14H17BrN2O/c1-17-13(14(9-16)6-3-7-14)11-8-10(15)4-5-12(11)18-2/h4-5,8,13,17H,3,6-7H2,1-2H3. The largest absolute Gasteiger partial charge is 0.496 e. The zero-order valence-corrected chi connectivity index (χ0v) is 12.3. The van der Waals surface area contributed by atoms with Crippen LogP contribution in [-0.4, -0.2) is 14.2 Å². The SMILES string of the molecule is CNC(c1cc(Br)ccc1OC)C1(C#N)CCC1. The minimum atomic E-state index is -0.289. The molecule has 0 amide bonds. The van der Waals surface area contributed by atoms with Crippen molar-refractivity contribution in [2.75, 3.05) is 14.2 Å². The first kappa shape index (κ1) is 13.4. The molecule has 0 heterocycles. The molecule has 1 atom stereocenters. The van der Waals surface area contributed by atoms with Crippen LogP contribution in [0.1, 0.15) is 30.9 Å². The van der Waals surface area contributed by atoms with Crippen LogP contribution < -0.4 is 10.1 Å². The van der Waals surface area contributed by atoms with E-state index in [9.17, 15) is 5.26 Å². The third kappa shape index (κ3) is 2.13. The Morgan fingerprint density at radius 3 is 2.67 bits per heavy atom. The average molecular weight is 309 g/mol. The van der Waals surface area contributed by atoms with E-state index in [0.29, 0.717) is 0 Å². The Bertz CT molecular complexity index is 477. The highest BCUT2D eigenvalue weighted by Crippen LogP contribution is 2.51. The van der Waals surface area contributed by atoms with Gasteiger partial charge in [-0.2, -0.15) is 5.26 Å². The van der Waals surface area contributed by atoms with Gasteiger partial charge in [-0.05, 0) is 38.1 Å². The highest BCUT2D eigenvalue weighted by Gasteiger charge is 2.45. The number of methoxy groups -OCH3 is 1. The van der Waals surface area contributed by atoms with E-state index in [4.69, 9.17) is 4.74 Å². The first-order valence-electron chi connectivity index (χ1n) is 6.09. The lowest BCUT2D eigenvalue weighted by Gasteiger charge is -2.42. The molecule has 1 fully saturated rings. The molecule has 18 heavy (non-hydrogen) atoms. The van der Waals surface area contributed by atoms with Crippen molar-refractivity contribution in [3.8, 4) is 11.8 Å². The second kappa shape index (κ2) is 5.29. The van der Waals surface area contributed by atoms with Crippen LogP contribution in [0.25, 0.3) is 0 Å². The normalized spacial score (nSPS) is 18.6. The fourth-order valence-corrected chi connectivity index (χ4v) is 3.06. The molecule has 1 N–H and O–H groups in total. The fourth-order valence-electron chi connectivity index (χ4n) is 2.68. The molecule has 1 unspecified atom stereocenters. The van der Waals surface area contributed by atoms with E-state index in [1.54, 1.807) is 7.11 Å². The van der Waals surface area contributed by atoms with Crippen molar-refractivity contribution in [1.29, 1.82) is 5.26 Å². The predicted octanol–water partition coefficient (Wildman–Crippen LogP) is 3.41. The van der Waals surface area contributed by atoms with E-state index in [-0.39, 0.29) is 11.5 Å². The Morgan fingerprint density at radius 1 is 1.50 bits per heavy atom. The Labute approximate surface area is 116 Å². The summed E-state index contributed by atoms with van der Waals surface area (Å²) >= 11 is 3.49. The van der Waals surface area contributed by atoms with E-state index in [0.717, 1.165) is 35.0 Å². The summed E-state index contributed by atoms with van der Waals surface area (Å²) in [5.41, 5.74) is 0.763. The molecule has 2 rings (SSSR count). The Hall–Kier alpha value is -1.05. The third-order valence-electron chi connectivity index (χ3n) is 3.81. The molecule has 0 saturated heterocycles. The van der Waals surface area contributed by atoms with Crippen LogP contribution in [0, 0.1) is 16.7 Å². The highest BCUT2D eigenvalue weighted by molar-refractivity contribution is 9.10. The van der Waals surface area contributed by atoms with E-state index >= 15 is 0 Å².